The number of carboxylic acids is 1. The van der Waals surface area contributed by atoms with Crippen LogP contribution in [0.2, 0.25) is 0 Å². The first-order chi connectivity index (χ1) is 13.1. The third-order valence-corrected chi connectivity index (χ3v) is 5.67. The maximum absolute atomic E-state index is 12.7. The van der Waals surface area contributed by atoms with Crippen LogP contribution in [0.4, 0.5) is 4.79 Å². The predicted octanol–water partition coefficient (Wildman–Crippen LogP) is 4.12. The van der Waals surface area contributed by atoms with E-state index in [-0.39, 0.29) is 18.4 Å². The number of aliphatic carboxylic acids is 1. The molecule has 0 bridgehead atoms. The lowest BCUT2D eigenvalue weighted by Gasteiger charge is -2.35. The number of nitrogens with zero attached hydrogens (tertiary/aromatic N) is 1. The van der Waals surface area contributed by atoms with Crippen LogP contribution in [0.3, 0.4) is 0 Å². The Hall–Kier alpha value is -2.82. The monoisotopic (exact) mass is 365 g/mol. The van der Waals surface area contributed by atoms with Crippen molar-refractivity contribution in [3.63, 3.8) is 0 Å². The fraction of sp³-hybridized carbons (Fsp3) is 0.364. The third-order valence-electron chi connectivity index (χ3n) is 5.67. The van der Waals surface area contributed by atoms with Crippen molar-refractivity contribution < 1.29 is 19.4 Å². The number of fused-ring (bicyclic) bond motifs is 3. The number of amides is 1. The Bertz CT molecular complexity index is 833. The van der Waals surface area contributed by atoms with Gasteiger partial charge in [-0.1, -0.05) is 55.5 Å². The highest BCUT2D eigenvalue weighted by Gasteiger charge is 2.36. The highest BCUT2D eigenvalue weighted by molar-refractivity contribution is 5.81. The summed E-state index contributed by atoms with van der Waals surface area (Å²) in [4.78, 5) is 25.6. The SMILES string of the molecule is CC1CCC(C(=O)O)N(C(=O)OCC2c3ccccc3-c3ccccc32)C1. The van der Waals surface area contributed by atoms with Gasteiger partial charge in [0.2, 0.25) is 0 Å². The fourth-order valence-electron chi connectivity index (χ4n) is 4.29. The molecule has 1 amide bonds. The van der Waals surface area contributed by atoms with Crippen LogP contribution in [0.15, 0.2) is 48.5 Å². The minimum absolute atomic E-state index is 0.0214. The number of hydrogen-bond donors (Lipinski definition) is 1. The second-order valence-corrected chi connectivity index (χ2v) is 7.49. The molecular formula is C22H23NO4. The Morgan fingerprint density at radius 2 is 1.63 bits per heavy atom. The van der Waals surface area contributed by atoms with Gasteiger partial charge in [-0.3, -0.25) is 4.90 Å². The van der Waals surface area contributed by atoms with E-state index in [1.54, 1.807) is 0 Å². The van der Waals surface area contributed by atoms with Crippen LogP contribution in [0.5, 0.6) is 0 Å². The lowest BCUT2D eigenvalue weighted by molar-refractivity contribution is -0.144. The number of rotatable bonds is 3. The molecule has 5 nitrogen and oxygen atoms in total. The molecule has 2 aromatic carbocycles. The number of carbonyl (C=O) groups is 2. The molecule has 1 fully saturated rings. The number of carboxylic acid groups (broad SMARTS) is 1. The second-order valence-electron chi connectivity index (χ2n) is 7.49. The lowest BCUT2D eigenvalue weighted by Crippen LogP contribution is -2.50. The van der Waals surface area contributed by atoms with E-state index < -0.39 is 18.1 Å². The van der Waals surface area contributed by atoms with Crippen LogP contribution in [0.25, 0.3) is 11.1 Å². The molecule has 0 aromatic heterocycles. The summed E-state index contributed by atoms with van der Waals surface area (Å²) in [5.74, 6) is -0.705. The molecular weight excluding hydrogens is 342 g/mol. The largest absolute Gasteiger partial charge is 0.480 e. The zero-order valence-corrected chi connectivity index (χ0v) is 15.3. The molecule has 1 heterocycles. The van der Waals surface area contributed by atoms with E-state index in [4.69, 9.17) is 4.74 Å². The van der Waals surface area contributed by atoms with Crippen LogP contribution in [0, 0.1) is 5.92 Å². The van der Waals surface area contributed by atoms with E-state index in [0.29, 0.717) is 13.0 Å². The Labute approximate surface area is 158 Å². The summed E-state index contributed by atoms with van der Waals surface area (Å²) in [6.07, 6.45) is 0.751. The summed E-state index contributed by atoms with van der Waals surface area (Å²) >= 11 is 0. The molecule has 2 aliphatic rings. The van der Waals surface area contributed by atoms with Crippen molar-refractivity contribution >= 4 is 12.1 Å². The molecule has 0 spiro atoms. The van der Waals surface area contributed by atoms with Crippen LogP contribution in [-0.4, -0.2) is 41.3 Å². The van der Waals surface area contributed by atoms with E-state index in [1.165, 1.54) is 16.0 Å². The van der Waals surface area contributed by atoms with Gasteiger partial charge in [0.25, 0.3) is 0 Å². The topological polar surface area (TPSA) is 66.8 Å². The Balaban J connectivity index is 1.53. The zero-order valence-electron chi connectivity index (χ0n) is 15.3. The highest BCUT2D eigenvalue weighted by atomic mass is 16.6. The lowest BCUT2D eigenvalue weighted by atomic mass is 9.94. The van der Waals surface area contributed by atoms with Gasteiger partial charge in [0, 0.05) is 12.5 Å². The molecule has 2 aromatic rings. The number of hydrogen-bond acceptors (Lipinski definition) is 3. The molecule has 1 saturated heterocycles. The van der Waals surface area contributed by atoms with E-state index in [0.717, 1.165) is 17.5 Å². The van der Waals surface area contributed by atoms with Gasteiger partial charge in [-0.2, -0.15) is 0 Å². The van der Waals surface area contributed by atoms with E-state index in [2.05, 4.69) is 24.3 Å². The van der Waals surface area contributed by atoms with Crippen LogP contribution >= 0.6 is 0 Å². The van der Waals surface area contributed by atoms with Gasteiger partial charge in [0.1, 0.15) is 12.6 Å². The summed E-state index contributed by atoms with van der Waals surface area (Å²) in [5.41, 5.74) is 4.63. The van der Waals surface area contributed by atoms with Crippen LogP contribution in [0.1, 0.15) is 36.8 Å². The number of carbonyl (C=O) groups excluding carboxylic acids is 1. The Kier molecular flexibility index (Phi) is 4.60. The fourth-order valence-corrected chi connectivity index (χ4v) is 4.29. The smallest absolute Gasteiger partial charge is 0.410 e. The van der Waals surface area contributed by atoms with Crippen molar-refractivity contribution in [1.82, 2.24) is 4.90 Å². The highest BCUT2D eigenvalue weighted by Crippen LogP contribution is 2.44. The summed E-state index contributed by atoms with van der Waals surface area (Å²) < 4.78 is 5.63. The number of benzene rings is 2. The van der Waals surface area contributed by atoms with Crippen molar-refractivity contribution in [3.05, 3.63) is 59.7 Å². The van der Waals surface area contributed by atoms with Gasteiger partial charge in [-0.05, 0) is 41.0 Å². The molecule has 140 valence electrons. The molecule has 1 aliphatic carbocycles. The van der Waals surface area contributed by atoms with Crippen molar-refractivity contribution in [2.75, 3.05) is 13.2 Å². The quantitative estimate of drug-likeness (QED) is 0.888. The standard InChI is InChI=1S/C22H23NO4/c1-14-10-11-20(21(24)25)23(12-14)22(26)27-13-19-17-8-4-2-6-15(17)16-7-3-5-9-18(16)19/h2-9,14,19-20H,10-13H2,1H3,(H,24,25). The molecule has 1 aliphatic heterocycles. The maximum Gasteiger partial charge on any atom is 0.410 e. The second kappa shape index (κ2) is 7.06. The maximum atomic E-state index is 12.7. The zero-order chi connectivity index (χ0) is 19.0. The number of piperidine rings is 1. The molecule has 5 heteroatoms. The van der Waals surface area contributed by atoms with Gasteiger partial charge in [0.05, 0.1) is 0 Å². The van der Waals surface area contributed by atoms with Crippen molar-refractivity contribution in [1.29, 1.82) is 0 Å². The minimum atomic E-state index is -0.963. The Morgan fingerprint density at radius 3 is 2.22 bits per heavy atom. The predicted molar refractivity (Wildman–Crippen MR) is 102 cm³/mol. The van der Waals surface area contributed by atoms with Gasteiger partial charge in [-0.15, -0.1) is 0 Å². The summed E-state index contributed by atoms with van der Waals surface area (Å²) in [5, 5.41) is 9.43. The molecule has 0 radical (unpaired) electrons. The van der Waals surface area contributed by atoms with Gasteiger partial charge in [-0.25, -0.2) is 9.59 Å². The third kappa shape index (κ3) is 3.18. The molecule has 4 rings (SSSR count). The van der Waals surface area contributed by atoms with Gasteiger partial charge in [0.15, 0.2) is 0 Å². The summed E-state index contributed by atoms with van der Waals surface area (Å²) in [6, 6.07) is 15.5. The summed E-state index contributed by atoms with van der Waals surface area (Å²) in [7, 11) is 0. The average Bonchev–Trinajstić information content (AvgIpc) is 3.00. The van der Waals surface area contributed by atoms with Crippen LogP contribution < -0.4 is 0 Å². The van der Waals surface area contributed by atoms with Gasteiger partial charge >= 0.3 is 12.1 Å². The van der Waals surface area contributed by atoms with Gasteiger partial charge < -0.3 is 9.84 Å². The molecule has 2 unspecified atom stereocenters. The normalized spacial score (nSPS) is 21.4. The first-order valence-electron chi connectivity index (χ1n) is 9.40. The summed E-state index contributed by atoms with van der Waals surface area (Å²) in [6.45, 7) is 2.67. The number of likely N-dealkylation sites (tertiary alicyclic amines) is 1. The van der Waals surface area contributed by atoms with Crippen molar-refractivity contribution in [2.24, 2.45) is 5.92 Å². The molecule has 27 heavy (non-hydrogen) atoms. The number of ether oxygens (including phenoxy) is 1. The molecule has 2 atom stereocenters. The first-order valence-corrected chi connectivity index (χ1v) is 9.40. The van der Waals surface area contributed by atoms with E-state index >= 15 is 0 Å². The van der Waals surface area contributed by atoms with E-state index in [9.17, 15) is 14.7 Å². The Morgan fingerprint density at radius 1 is 1.04 bits per heavy atom. The first kappa shape index (κ1) is 17.6. The van der Waals surface area contributed by atoms with Crippen molar-refractivity contribution in [3.8, 4) is 11.1 Å². The molecule has 1 N–H and O–H groups in total. The van der Waals surface area contributed by atoms with Crippen molar-refractivity contribution in [2.45, 2.75) is 31.7 Å². The average molecular weight is 365 g/mol. The van der Waals surface area contributed by atoms with E-state index in [1.807, 2.05) is 31.2 Å². The minimum Gasteiger partial charge on any atom is -0.480 e. The van der Waals surface area contributed by atoms with Crippen LogP contribution in [-0.2, 0) is 9.53 Å². The molecule has 0 saturated carbocycles.